The van der Waals surface area contributed by atoms with Crippen molar-refractivity contribution in [3.8, 4) is 5.75 Å². The Balaban J connectivity index is 2.05. The molecule has 27 heavy (non-hydrogen) atoms. The minimum Gasteiger partial charge on any atom is -0.495 e. The molecule has 0 radical (unpaired) electrons. The van der Waals surface area contributed by atoms with Crippen molar-refractivity contribution in [3.05, 3.63) is 73.5 Å². The number of para-hydroxylation sites is 1. The molecule has 0 saturated heterocycles. The highest BCUT2D eigenvalue weighted by Crippen LogP contribution is 2.28. The van der Waals surface area contributed by atoms with E-state index in [0.29, 0.717) is 16.7 Å². The van der Waals surface area contributed by atoms with Gasteiger partial charge in [-0.1, -0.05) is 17.7 Å². The highest BCUT2D eigenvalue weighted by atomic mass is 35.5. The number of aryl methyl sites for hydroxylation is 1. The minimum atomic E-state index is -0.683. The van der Waals surface area contributed by atoms with Crippen molar-refractivity contribution in [2.24, 2.45) is 7.05 Å². The number of hydrogen-bond acceptors (Lipinski definition) is 5. The number of fused-ring (bicyclic) bond motifs is 1. The van der Waals surface area contributed by atoms with Crippen molar-refractivity contribution in [1.29, 1.82) is 0 Å². The van der Waals surface area contributed by atoms with Crippen LogP contribution in [0.5, 0.6) is 5.75 Å². The van der Waals surface area contributed by atoms with Gasteiger partial charge in [0.2, 0.25) is 5.43 Å². The topological polar surface area (TPSA) is 103 Å². The Bertz CT molecular complexity index is 1140. The number of carbonyl (C=O) groups is 1. The molecule has 1 heterocycles. The van der Waals surface area contributed by atoms with E-state index < -0.39 is 16.3 Å². The van der Waals surface area contributed by atoms with E-state index in [0.717, 1.165) is 6.07 Å². The molecule has 1 aromatic heterocycles. The second-order valence-electron chi connectivity index (χ2n) is 5.72. The number of nitro groups is 1. The molecule has 138 valence electrons. The summed E-state index contributed by atoms with van der Waals surface area (Å²) in [7, 11) is 3.18. The number of ether oxygens (including phenoxy) is 1. The van der Waals surface area contributed by atoms with Gasteiger partial charge >= 0.3 is 0 Å². The van der Waals surface area contributed by atoms with E-state index in [2.05, 4.69) is 5.32 Å². The van der Waals surface area contributed by atoms with Crippen molar-refractivity contribution >= 4 is 39.8 Å². The summed E-state index contributed by atoms with van der Waals surface area (Å²) in [5.74, 6) is -0.177. The molecule has 0 unspecified atom stereocenters. The first-order valence-corrected chi connectivity index (χ1v) is 8.13. The van der Waals surface area contributed by atoms with E-state index in [1.807, 2.05) is 0 Å². The van der Waals surface area contributed by atoms with Crippen LogP contribution in [0.4, 0.5) is 11.4 Å². The van der Waals surface area contributed by atoms with E-state index in [-0.39, 0.29) is 22.0 Å². The maximum absolute atomic E-state index is 12.8. The monoisotopic (exact) mass is 387 g/mol. The number of nitrogens with one attached hydrogen (secondary N) is 1. The van der Waals surface area contributed by atoms with Gasteiger partial charge in [-0.05, 0) is 24.3 Å². The van der Waals surface area contributed by atoms with Crippen LogP contribution in [0.3, 0.4) is 0 Å². The molecule has 0 aliphatic carbocycles. The Morgan fingerprint density at radius 3 is 2.70 bits per heavy atom. The van der Waals surface area contributed by atoms with Gasteiger partial charge in [0.15, 0.2) is 0 Å². The van der Waals surface area contributed by atoms with Crippen LogP contribution in [0.25, 0.3) is 10.9 Å². The predicted molar refractivity (Wildman–Crippen MR) is 102 cm³/mol. The van der Waals surface area contributed by atoms with Crippen molar-refractivity contribution in [1.82, 2.24) is 4.57 Å². The fourth-order valence-electron chi connectivity index (χ4n) is 2.79. The maximum Gasteiger partial charge on any atom is 0.289 e. The third-order valence-corrected chi connectivity index (χ3v) is 4.35. The first-order chi connectivity index (χ1) is 12.8. The van der Waals surface area contributed by atoms with E-state index in [1.54, 1.807) is 29.8 Å². The summed E-state index contributed by atoms with van der Waals surface area (Å²) in [6.07, 6.45) is 1.40. The molecule has 1 amide bonds. The van der Waals surface area contributed by atoms with Crippen LogP contribution in [-0.2, 0) is 7.05 Å². The summed E-state index contributed by atoms with van der Waals surface area (Å²) in [6.45, 7) is 0. The molecule has 0 aliphatic rings. The highest BCUT2D eigenvalue weighted by Gasteiger charge is 2.18. The lowest BCUT2D eigenvalue weighted by atomic mass is 10.1. The molecule has 0 fully saturated rings. The summed E-state index contributed by atoms with van der Waals surface area (Å²) >= 11 is 5.77. The van der Waals surface area contributed by atoms with Gasteiger partial charge < -0.3 is 14.6 Å². The molecule has 1 N–H and O–H groups in total. The summed E-state index contributed by atoms with van der Waals surface area (Å²) in [6, 6.07) is 8.83. The molecular weight excluding hydrogens is 374 g/mol. The first kappa shape index (κ1) is 18.4. The molecule has 0 bridgehead atoms. The number of halogens is 1. The Hall–Kier alpha value is -3.39. The number of aromatic nitrogens is 1. The summed E-state index contributed by atoms with van der Waals surface area (Å²) in [4.78, 5) is 35.7. The molecule has 2 aromatic carbocycles. The van der Waals surface area contributed by atoms with Gasteiger partial charge in [0.05, 0.1) is 22.9 Å². The maximum atomic E-state index is 12.8. The van der Waals surface area contributed by atoms with Crippen LogP contribution in [0.2, 0.25) is 5.02 Å². The highest BCUT2D eigenvalue weighted by molar-refractivity contribution is 6.32. The number of anilines is 1. The lowest BCUT2D eigenvalue weighted by Crippen LogP contribution is -2.23. The van der Waals surface area contributed by atoms with Crippen LogP contribution in [0.15, 0.2) is 47.4 Å². The van der Waals surface area contributed by atoms with Crippen LogP contribution in [0.1, 0.15) is 10.4 Å². The zero-order valence-electron chi connectivity index (χ0n) is 14.4. The van der Waals surface area contributed by atoms with E-state index in [4.69, 9.17) is 16.3 Å². The van der Waals surface area contributed by atoms with Crippen LogP contribution < -0.4 is 15.5 Å². The number of pyridine rings is 1. The van der Waals surface area contributed by atoms with Crippen molar-refractivity contribution in [2.45, 2.75) is 0 Å². The van der Waals surface area contributed by atoms with Crippen LogP contribution >= 0.6 is 11.6 Å². The number of hydrogen-bond donors (Lipinski definition) is 1. The van der Waals surface area contributed by atoms with Gasteiger partial charge in [-0.15, -0.1) is 0 Å². The SMILES string of the molecule is COc1cccc2c(=O)c(C(=O)Nc3ccc(Cl)c([N+](=O)[O-])c3)cn(C)c12. The number of benzene rings is 2. The Morgan fingerprint density at radius 2 is 2.04 bits per heavy atom. The fraction of sp³-hybridized carbons (Fsp3) is 0.111. The molecule has 8 nitrogen and oxygen atoms in total. The van der Waals surface area contributed by atoms with Gasteiger partial charge in [-0.2, -0.15) is 0 Å². The first-order valence-electron chi connectivity index (χ1n) is 7.75. The standard InChI is InChI=1S/C18H14ClN3O5/c1-21-9-12(17(23)11-4-3-5-15(27-2)16(11)21)18(24)20-10-6-7-13(19)14(8-10)22(25)26/h3-9H,1-2H3,(H,20,24). The van der Waals surface area contributed by atoms with Crippen molar-refractivity contribution in [2.75, 3.05) is 12.4 Å². The van der Waals surface area contributed by atoms with E-state index >= 15 is 0 Å². The van der Waals surface area contributed by atoms with Gasteiger partial charge in [0, 0.05) is 25.0 Å². The second-order valence-corrected chi connectivity index (χ2v) is 6.12. The Morgan fingerprint density at radius 1 is 1.30 bits per heavy atom. The van der Waals surface area contributed by atoms with E-state index in [1.165, 1.54) is 25.4 Å². The average Bonchev–Trinajstić information content (AvgIpc) is 2.65. The van der Waals surface area contributed by atoms with Gasteiger partial charge in [0.1, 0.15) is 16.3 Å². The Kier molecular flexibility index (Phi) is 4.83. The number of methoxy groups -OCH3 is 1. The van der Waals surface area contributed by atoms with Crippen LogP contribution in [0, 0.1) is 10.1 Å². The average molecular weight is 388 g/mol. The second kappa shape index (κ2) is 7.08. The third-order valence-electron chi connectivity index (χ3n) is 4.03. The summed E-state index contributed by atoms with van der Waals surface area (Å²) in [5.41, 5.74) is -0.197. The molecule has 3 aromatic rings. The van der Waals surface area contributed by atoms with Gasteiger partial charge in [-0.25, -0.2) is 0 Å². The zero-order chi connectivity index (χ0) is 19.7. The molecule has 3 rings (SSSR count). The number of carbonyl (C=O) groups excluding carboxylic acids is 1. The zero-order valence-corrected chi connectivity index (χ0v) is 15.1. The van der Waals surface area contributed by atoms with E-state index in [9.17, 15) is 19.7 Å². The molecular formula is C18H14ClN3O5. The quantitative estimate of drug-likeness (QED) is 0.546. The third kappa shape index (κ3) is 3.34. The lowest BCUT2D eigenvalue weighted by molar-refractivity contribution is -0.384. The normalized spacial score (nSPS) is 10.6. The molecule has 9 heteroatoms. The summed E-state index contributed by atoms with van der Waals surface area (Å²) in [5, 5.41) is 13.8. The van der Waals surface area contributed by atoms with Gasteiger partial charge in [0.25, 0.3) is 11.6 Å². The van der Waals surface area contributed by atoms with Crippen LogP contribution in [-0.4, -0.2) is 22.5 Å². The number of amides is 1. The van der Waals surface area contributed by atoms with Crippen molar-refractivity contribution in [3.63, 3.8) is 0 Å². The molecule has 0 spiro atoms. The smallest absolute Gasteiger partial charge is 0.289 e. The number of nitrogens with zero attached hydrogens (tertiary/aromatic N) is 2. The lowest BCUT2D eigenvalue weighted by Gasteiger charge is -2.12. The summed E-state index contributed by atoms with van der Waals surface area (Å²) < 4.78 is 6.89. The molecule has 0 aliphatic heterocycles. The molecule has 0 saturated carbocycles. The number of rotatable bonds is 4. The number of nitro benzene ring substituents is 1. The van der Waals surface area contributed by atoms with Crippen molar-refractivity contribution < 1.29 is 14.5 Å². The predicted octanol–water partition coefficient (Wildman–Crippen LogP) is 3.36. The minimum absolute atomic E-state index is 0.0493. The largest absolute Gasteiger partial charge is 0.495 e. The van der Waals surface area contributed by atoms with Gasteiger partial charge in [-0.3, -0.25) is 19.7 Å². The Labute approximate surface area is 158 Å². The fourth-order valence-corrected chi connectivity index (χ4v) is 2.97. The molecule has 0 atom stereocenters.